The Balaban J connectivity index is 1.85. The average molecular weight is 401 g/mol. The van der Waals surface area contributed by atoms with Crippen molar-refractivity contribution in [1.82, 2.24) is 0 Å². The van der Waals surface area contributed by atoms with Gasteiger partial charge in [-0.25, -0.2) is 0 Å². The van der Waals surface area contributed by atoms with Crippen LogP contribution in [0.5, 0.6) is 5.75 Å². The number of carbonyl (C=O) groups excluding carboxylic acids is 1. The van der Waals surface area contributed by atoms with Crippen LogP contribution in [0.1, 0.15) is 43.7 Å². The number of aryl methyl sites for hydroxylation is 1. The molecule has 4 rings (SSSR count). The number of esters is 1. The fraction of sp³-hybridized carbons (Fsp3) is 0.381. The lowest BCUT2D eigenvalue weighted by molar-refractivity contribution is -0.137. The molecule has 0 spiro atoms. The fourth-order valence-corrected chi connectivity index (χ4v) is 5.07. The lowest BCUT2D eigenvalue weighted by atomic mass is 9.66. The molecule has 130 valence electrons. The number of carbonyl (C=O) groups is 1. The van der Waals surface area contributed by atoms with Gasteiger partial charge in [-0.05, 0) is 70.5 Å². The van der Waals surface area contributed by atoms with Gasteiger partial charge in [-0.15, -0.1) is 0 Å². The van der Waals surface area contributed by atoms with Crippen LogP contribution >= 0.6 is 15.9 Å². The number of hydrogen-bond donors (Lipinski definition) is 0. The molecule has 0 unspecified atom stereocenters. The van der Waals surface area contributed by atoms with Crippen LogP contribution in [0.3, 0.4) is 0 Å². The highest BCUT2D eigenvalue weighted by Crippen LogP contribution is 2.56. The van der Waals surface area contributed by atoms with Gasteiger partial charge in [0.1, 0.15) is 11.5 Å². The van der Waals surface area contributed by atoms with Gasteiger partial charge in [0.05, 0.1) is 7.11 Å². The smallest absolute Gasteiger partial charge is 0.307 e. The Labute approximate surface area is 156 Å². The van der Waals surface area contributed by atoms with Crippen LogP contribution in [0.2, 0.25) is 0 Å². The van der Waals surface area contributed by atoms with Gasteiger partial charge in [0, 0.05) is 23.7 Å². The first-order valence-corrected chi connectivity index (χ1v) is 9.40. The Bertz CT molecular complexity index is 915. The zero-order valence-corrected chi connectivity index (χ0v) is 16.3. The van der Waals surface area contributed by atoms with Crippen LogP contribution in [0, 0.1) is 5.41 Å². The highest BCUT2D eigenvalue weighted by molar-refractivity contribution is 9.10. The molecule has 0 N–H and O–H groups in total. The first-order chi connectivity index (χ1) is 11.9. The number of methoxy groups -OCH3 is 1. The summed E-state index contributed by atoms with van der Waals surface area (Å²) in [6.45, 7) is 3.75. The van der Waals surface area contributed by atoms with Gasteiger partial charge in [-0.1, -0.05) is 22.9 Å². The molecule has 25 heavy (non-hydrogen) atoms. The van der Waals surface area contributed by atoms with E-state index >= 15 is 0 Å². The molecule has 3 nitrogen and oxygen atoms in total. The van der Waals surface area contributed by atoms with Crippen LogP contribution in [0.15, 0.2) is 40.6 Å². The van der Waals surface area contributed by atoms with E-state index in [4.69, 9.17) is 9.47 Å². The highest BCUT2D eigenvalue weighted by atomic mass is 79.9. The molecule has 2 aromatic rings. The molecule has 0 amide bonds. The summed E-state index contributed by atoms with van der Waals surface area (Å²) < 4.78 is 12.0. The van der Waals surface area contributed by atoms with E-state index in [0.717, 1.165) is 35.2 Å². The minimum Gasteiger partial charge on any atom is -0.497 e. The maximum Gasteiger partial charge on any atom is 0.307 e. The van der Waals surface area contributed by atoms with Crippen LogP contribution in [0.4, 0.5) is 0 Å². The maximum atomic E-state index is 11.4. The average Bonchev–Trinajstić information content (AvgIpc) is 2.90. The Morgan fingerprint density at radius 3 is 2.80 bits per heavy atom. The zero-order chi connectivity index (χ0) is 17.8. The van der Waals surface area contributed by atoms with Gasteiger partial charge in [-0.2, -0.15) is 0 Å². The van der Waals surface area contributed by atoms with Gasteiger partial charge in [0.2, 0.25) is 0 Å². The van der Waals surface area contributed by atoms with Crippen LogP contribution in [0.25, 0.3) is 10.8 Å². The van der Waals surface area contributed by atoms with Crippen molar-refractivity contribution in [2.45, 2.75) is 39.0 Å². The van der Waals surface area contributed by atoms with Crippen molar-refractivity contribution in [2.75, 3.05) is 7.11 Å². The third kappa shape index (κ3) is 2.67. The fourth-order valence-electron chi connectivity index (χ4n) is 4.48. The number of fused-ring (bicyclic) bond motifs is 5. The van der Waals surface area contributed by atoms with Crippen molar-refractivity contribution in [3.63, 3.8) is 0 Å². The van der Waals surface area contributed by atoms with Gasteiger partial charge in [0.25, 0.3) is 0 Å². The molecule has 2 atom stereocenters. The minimum atomic E-state index is -0.238. The predicted molar refractivity (Wildman–Crippen MR) is 102 cm³/mol. The SMILES string of the molecule is COc1ccc2c(Br)cc3c(c2c1)CC[C@]1(C)C=C(OC(C)=O)C[C@@H]31. The standard InChI is InChI=1S/C21H21BrO3/c1-12(23)25-14-9-19-18-10-20(22)16-5-4-13(24-3)8-17(16)15(18)6-7-21(19,2)11-14/h4-5,8,10-11,19H,6-7,9H2,1-3H3/t19-,21+/m0/s1. The quantitative estimate of drug-likeness (QED) is 0.624. The molecule has 0 saturated heterocycles. The van der Waals surface area contributed by atoms with Crippen LogP contribution in [-0.4, -0.2) is 13.1 Å². The van der Waals surface area contributed by atoms with Crippen LogP contribution < -0.4 is 4.74 Å². The number of hydrogen-bond acceptors (Lipinski definition) is 3. The van der Waals surface area contributed by atoms with E-state index in [9.17, 15) is 4.79 Å². The number of ether oxygens (including phenoxy) is 2. The maximum absolute atomic E-state index is 11.4. The topological polar surface area (TPSA) is 35.5 Å². The van der Waals surface area contributed by atoms with Gasteiger partial charge in [0.15, 0.2) is 0 Å². The summed E-state index contributed by atoms with van der Waals surface area (Å²) in [7, 11) is 1.70. The molecule has 0 aliphatic heterocycles. The molecule has 0 saturated carbocycles. The molecular formula is C21H21BrO3. The van der Waals surface area contributed by atoms with Crippen molar-refractivity contribution in [1.29, 1.82) is 0 Å². The van der Waals surface area contributed by atoms with E-state index in [1.54, 1.807) is 7.11 Å². The van der Waals surface area contributed by atoms with Crippen molar-refractivity contribution >= 4 is 32.7 Å². The van der Waals surface area contributed by atoms with Crippen molar-refractivity contribution in [3.05, 3.63) is 51.7 Å². The lowest BCUT2D eigenvalue weighted by Crippen LogP contribution is -2.26. The second-order valence-corrected chi connectivity index (χ2v) is 8.16. The largest absolute Gasteiger partial charge is 0.497 e. The molecule has 2 aliphatic rings. The van der Waals surface area contributed by atoms with Gasteiger partial charge in [-0.3, -0.25) is 4.79 Å². The predicted octanol–water partition coefficient (Wildman–Crippen LogP) is 5.50. The minimum absolute atomic E-state index is 0.0454. The second kappa shape index (κ2) is 5.87. The molecule has 0 aromatic heterocycles. The van der Waals surface area contributed by atoms with E-state index in [2.05, 4.69) is 47.1 Å². The number of rotatable bonds is 2. The summed E-state index contributed by atoms with van der Waals surface area (Å²) in [6, 6.07) is 8.51. The Morgan fingerprint density at radius 2 is 2.08 bits per heavy atom. The number of benzene rings is 2. The van der Waals surface area contributed by atoms with E-state index in [1.165, 1.54) is 28.8 Å². The summed E-state index contributed by atoms with van der Waals surface area (Å²) in [6.07, 6.45) is 5.03. The summed E-state index contributed by atoms with van der Waals surface area (Å²) in [5.41, 5.74) is 2.81. The Kier molecular flexibility index (Phi) is 3.91. The summed E-state index contributed by atoms with van der Waals surface area (Å²) in [4.78, 5) is 11.4. The first kappa shape index (κ1) is 16.6. The molecule has 2 aromatic carbocycles. The third-order valence-corrected chi connectivity index (χ3v) is 6.35. The van der Waals surface area contributed by atoms with Crippen molar-refractivity contribution in [2.24, 2.45) is 5.41 Å². The molecule has 0 bridgehead atoms. The Morgan fingerprint density at radius 1 is 1.28 bits per heavy atom. The molecular weight excluding hydrogens is 380 g/mol. The van der Waals surface area contributed by atoms with Gasteiger partial charge < -0.3 is 9.47 Å². The molecule has 2 aliphatic carbocycles. The summed E-state index contributed by atoms with van der Waals surface area (Å²) in [5.74, 6) is 1.80. The zero-order valence-electron chi connectivity index (χ0n) is 14.7. The van der Waals surface area contributed by atoms with E-state index in [1.807, 2.05) is 6.07 Å². The third-order valence-electron chi connectivity index (χ3n) is 5.70. The normalized spacial score (nSPS) is 24.5. The molecule has 0 fully saturated rings. The van der Waals surface area contributed by atoms with Gasteiger partial charge >= 0.3 is 5.97 Å². The lowest BCUT2D eigenvalue weighted by Gasteiger charge is -2.37. The first-order valence-electron chi connectivity index (χ1n) is 8.60. The van der Waals surface area contributed by atoms with Crippen molar-refractivity contribution < 1.29 is 14.3 Å². The molecule has 0 heterocycles. The summed E-state index contributed by atoms with van der Waals surface area (Å²) >= 11 is 3.75. The summed E-state index contributed by atoms with van der Waals surface area (Å²) in [5, 5.41) is 2.47. The Hall–Kier alpha value is -1.81. The molecule has 4 heteroatoms. The van der Waals surface area contributed by atoms with E-state index < -0.39 is 0 Å². The second-order valence-electron chi connectivity index (χ2n) is 7.30. The highest BCUT2D eigenvalue weighted by Gasteiger charge is 2.44. The van der Waals surface area contributed by atoms with Crippen molar-refractivity contribution in [3.8, 4) is 5.75 Å². The van der Waals surface area contributed by atoms with Crippen LogP contribution in [-0.2, 0) is 16.0 Å². The molecule has 0 radical (unpaired) electrons. The van der Waals surface area contributed by atoms with E-state index in [0.29, 0.717) is 5.92 Å². The monoisotopic (exact) mass is 400 g/mol. The number of halogens is 1. The van der Waals surface area contributed by atoms with E-state index in [-0.39, 0.29) is 11.4 Å². The number of allylic oxidation sites excluding steroid dienone is 2.